The predicted molar refractivity (Wildman–Crippen MR) is 27.4 cm³/mol. The summed E-state index contributed by atoms with van der Waals surface area (Å²) in [6.07, 6.45) is 1.74. The molecule has 50 valence electrons. The summed E-state index contributed by atoms with van der Waals surface area (Å²) in [5.74, 6) is -0.769. The zero-order valence-corrected chi connectivity index (χ0v) is 4.78. The summed E-state index contributed by atoms with van der Waals surface area (Å²) in [5.41, 5.74) is 0. The fraction of sp³-hybridized carbons (Fsp3) is 0.800. The maximum absolute atomic E-state index is 10.3. The second kappa shape index (κ2) is 1.46. The Morgan fingerprint density at radius 3 is 2.67 bits per heavy atom. The Bertz CT molecular complexity index is 158. The van der Waals surface area contributed by atoms with Crippen LogP contribution in [0.4, 0.5) is 0 Å². The Hall–Kier alpha value is -0.610. The van der Waals surface area contributed by atoms with E-state index >= 15 is 0 Å². The van der Waals surface area contributed by atoms with Crippen LogP contribution in [-0.4, -0.2) is 28.4 Å². The average Bonchev–Trinajstić information content (AvgIpc) is 2.43. The van der Waals surface area contributed by atoms with Crippen LogP contribution < -0.4 is 0 Å². The van der Waals surface area contributed by atoms with E-state index in [-0.39, 0.29) is 12.3 Å². The number of nitrogens with zero attached hydrogens (tertiary/aromatic N) is 1. The summed E-state index contributed by atoms with van der Waals surface area (Å²) in [6, 6.07) is -0.366. The molecular formula is C5H7NO3. The highest BCUT2D eigenvalue weighted by molar-refractivity contribution is 5.74. The lowest BCUT2D eigenvalue weighted by molar-refractivity contribution is -0.143. The van der Waals surface area contributed by atoms with Gasteiger partial charge in [0.2, 0.25) is 0 Å². The maximum Gasteiger partial charge on any atom is 0.323 e. The number of fused-ring (bicyclic) bond motifs is 1. The molecule has 2 fully saturated rings. The van der Waals surface area contributed by atoms with Crippen LogP contribution in [0.2, 0.25) is 0 Å². The van der Waals surface area contributed by atoms with Gasteiger partial charge in [0.15, 0.2) is 6.23 Å². The van der Waals surface area contributed by atoms with Gasteiger partial charge in [-0.1, -0.05) is 0 Å². The first-order valence-corrected chi connectivity index (χ1v) is 2.97. The number of carboxylic acid groups (broad SMARTS) is 1. The van der Waals surface area contributed by atoms with Crippen molar-refractivity contribution in [1.82, 2.24) is 5.06 Å². The minimum absolute atomic E-state index is 0.131. The van der Waals surface area contributed by atoms with Crippen molar-refractivity contribution in [3.8, 4) is 0 Å². The Balaban J connectivity index is 2.06. The summed E-state index contributed by atoms with van der Waals surface area (Å²) in [4.78, 5) is 15.2. The van der Waals surface area contributed by atoms with Crippen molar-refractivity contribution in [2.45, 2.75) is 25.1 Å². The highest BCUT2D eigenvalue weighted by atomic mass is 16.8. The molecule has 2 unspecified atom stereocenters. The average molecular weight is 129 g/mol. The molecule has 2 aliphatic heterocycles. The predicted octanol–water partition coefficient (Wildman–Crippen LogP) is -0.193. The first kappa shape index (κ1) is 5.20. The first-order valence-electron chi connectivity index (χ1n) is 2.97. The van der Waals surface area contributed by atoms with Crippen LogP contribution in [0.3, 0.4) is 0 Å². The Morgan fingerprint density at radius 1 is 1.67 bits per heavy atom. The van der Waals surface area contributed by atoms with E-state index in [1.54, 1.807) is 5.06 Å². The zero-order valence-electron chi connectivity index (χ0n) is 4.78. The highest BCUT2D eigenvalue weighted by Crippen LogP contribution is 2.37. The van der Waals surface area contributed by atoms with Gasteiger partial charge in [0.05, 0.1) is 0 Å². The van der Waals surface area contributed by atoms with E-state index in [1.807, 2.05) is 0 Å². The van der Waals surface area contributed by atoms with E-state index in [0.717, 1.165) is 12.8 Å². The second-order valence-corrected chi connectivity index (χ2v) is 2.35. The molecule has 0 bridgehead atoms. The van der Waals surface area contributed by atoms with Crippen molar-refractivity contribution in [3.63, 3.8) is 0 Å². The lowest BCUT2D eigenvalue weighted by atomic mass is 10.2. The molecule has 4 heteroatoms. The highest BCUT2D eigenvalue weighted by Gasteiger charge is 2.51. The molecule has 2 aliphatic rings. The lowest BCUT2D eigenvalue weighted by Gasteiger charge is -2.01. The van der Waals surface area contributed by atoms with Crippen LogP contribution in [0.25, 0.3) is 0 Å². The van der Waals surface area contributed by atoms with E-state index < -0.39 is 5.97 Å². The molecule has 0 amide bonds. The molecular weight excluding hydrogens is 122 g/mol. The van der Waals surface area contributed by atoms with Crippen LogP contribution in [0, 0.1) is 0 Å². The van der Waals surface area contributed by atoms with Gasteiger partial charge in [-0.05, 0) is 12.8 Å². The summed E-state index contributed by atoms with van der Waals surface area (Å²) >= 11 is 0. The molecule has 2 rings (SSSR count). The molecule has 3 atom stereocenters. The van der Waals surface area contributed by atoms with Crippen LogP contribution in [0.15, 0.2) is 0 Å². The molecule has 9 heavy (non-hydrogen) atoms. The zero-order chi connectivity index (χ0) is 6.43. The van der Waals surface area contributed by atoms with Gasteiger partial charge >= 0.3 is 5.97 Å². The number of hydrogen-bond acceptors (Lipinski definition) is 3. The molecule has 0 aromatic carbocycles. The molecule has 0 radical (unpaired) electrons. The summed E-state index contributed by atoms with van der Waals surface area (Å²) in [7, 11) is 0. The Labute approximate surface area is 52.0 Å². The summed E-state index contributed by atoms with van der Waals surface area (Å²) < 4.78 is 0. The monoisotopic (exact) mass is 129 g/mol. The van der Waals surface area contributed by atoms with Crippen molar-refractivity contribution >= 4 is 5.97 Å². The maximum atomic E-state index is 10.3. The number of rotatable bonds is 1. The molecule has 0 aromatic heterocycles. The summed E-state index contributed by atoms with van der Waals surface area (Å²) in [5, 5.41) is 10.0. The van der Waals surface area contributed by atoms with Gasteiger partial charge in [0.25, 0.3) is 0 Å². The molecule has 1 N–H and O–H groups in total. The SMILES string of the molecule is O=C(O)C1CC[C@@H]2ON12. The molecule has 2 saturated heterocycles. The van der Waals surface area contributed by atoms with Crippen LogP contribution in [-0.2, 0) is 9.63 Å². The van der Waals surface area contributed by atoms with Crippen LogP contribution in [0.1, 0.15) is 12.8 Å². The quantitative estimate of drug-likeness (QED) is 0.498. The van der Waals surface area contributed by atoms with Crippen molar-refractivity contribution in [3.05, 3.63) is 0 Å². The normalized spacial score (nSPS) is 46.4. The van der Waals surface area contributed by atoms with Gasteiger partial charge in [0, 0.05) is 0 Å². The van der Waals surface area contributed by atoms with Gasteiger partial charge in [0.1, 0.15) is 6.04 Å². The van der Waals surface area contributed by atoms with Gasteiger partial charge in [-0.25, -0.2) is 0 Å². The number of aliphatic carboxylic acids is 1. The largest absolute Gasteiger partial charge is 0.480 e. The van der Waals surface area contributed by atoms with Crippen molar-refractivity contribution < 1.29 is 14.7 Å². The lowest BCUT2D eigenvalue weighted by Crippen LogP contribution is -2.24. The first-order chi connectivity index (χ1) is 4.29. The van der Waals surface area contributed by atoms with E-state index in [0.29, 0.717) is 0 Å². The Kier molecular flexibility index (Phi) is 0.841. The molecule has 2 heterocycles. The fourth-order valence-corrected chi connectivity index (χ4v) is 1.23. The summed E-state index contributed by atoms with van der Waals surface area (Å²) in [6.45, 7) is 0. The standard InChI is InChI=1S/C5H7NO3/c7-5(8)3-1-2-4-6(3)9-4/h3-4H,1-2H2,(H,7,8)/t3?,4-,6?/m0/s1. The van der Waals surface area contributed by atoms with E-state index in [2.05, 4.69) is 0 Å². The minimum Gasteiger partial charge on any atom is -0.480 e. The number of hydroxylamine groups is 2. The number of carboxylic acids is 1. The van der Waals surface area contributed by atoms with Crippen LogP contribution >= 0.6 is 0 Å². The molecule has 0 spiro atoms. The Morgan fingerprint density at radius 2 is 2.44 bits per heavy atom. The van der Waals surface area contributed by atoms with Crippen LogP contribution in [0.5, 0.6) is 0 Å². The van der Waals surface area contributed by atoms with E-state index in [9.17, 15) is 4.79 Å². The van der Waals surface area contributed by atoms with E-state index in [4.69, 9.17) is 9.94 Å². The smallest absolute Gasteiger partial charge is 0.323 e. The molecule has 4 nitrogen and oxygen atoms in total. The van der Waals surface area contributed by atoms with Gasteiger partial charge in [-0.15, -0.1) is 5.06 Å². The number of hydrogen-bond donors (Lipinski definition) is 1. The van der Waals surface area contributed by atoms with E-state index in [1.165, 1.54) is 0 Å². The second-order valence-electron chi connectivity index (χ2n) is 2.35. The van der Waals surface area contributed by atoms with Crippen molar-refractivity contribution in [1.29, 1.82) is 0 Å². The van der Waals surface area contributed by atoms with Crippen molar-refractivity contribution in [2.24, 2.45) is 0 Å². The van der Waals surface area contributed by atoms with Gasteiger partial charge < -0.3 is 5.11 Å². The van der Waals surface area contributed by atoms with Crippen molar-refractivity contribution in [2.75, 3.05) is 0 Å². The molecule has 0 aliphatic carbocycles. The third-order valence-electron chi connectivity index (χ3n) is 1.76. The fourth-order valence-electron chi connectivity index (χ4n) is 1.23. The minimum atomic E-state index is -0.769. The third kappa shape index (κ3) is 0.635. The van der Waals surface area contributed by atoms with Gasteiger partial charge in [-0.2, -0.15) is 0 Å². The topological polar surface area (TPSA) is 52.8 Å². The van der Waals surface area contributed by atoms with Gasteiger partial charge in [-0.3, -0.25) is 9.63 Å². The number of carbonyl (C=O) groups is 1. The molecule has 0 aromatic rings. The molecule has 0 saturated carbocycles. The third-order valence-corrected chi connectivity index (χ3v) is 1.76.